The van der Waals surface area contributed by atoms with Crippen LogP contribution in [0.25, 0.3) is 33.9 Å². The molecule has 34 heteroatoms. The lowest BCUT2D eigenvalue weighted by Crippen LogP contribution is -2.54. The number of hydrogen-bond acceptors (Lipinski definition) is 18. The number of amides is 2. The minimum Gasteiger partial charge on any atom is -0.394 e. The van der Waals surface area contributed by atoms with Crippen LogP contribution in [0, 0.1) is 48.8 Å². The van der Waals surface area contributed by atoms with Gasteiger partial charge in [0.1, 0.15) is 97.2 Å². The van der Waals surface area contributed by atoms with Crippen molar-refractivity contribution in [2.45, 2.75) is 94.0 Å². The molecule has 4 aromatic heterocycles. The summed E-state index contributed by atoms with van der Waals surface area (Å²) in [7, 11) is 0. The topological polar surface area (TPSA) is 299 Å². The van der Waals surface area contributed by atoms with E-state index < -0.39 is 134 Å². The molecule has 6 heterocycles. The van der Waals surface area contributed by atoms with Crippen LogP contribution >= 0.6 is 46.4 Å². The number of aliphatic hydroxyl groups is 4. The SMILES string of the molecule is Cc1nc(C2OC(CO)C(O)C(n3cc(-c4cc(F)c(F)c(F)c4)nn3)C2OCC(=O)NCCCCCNC(=O)COC2C(c3nc(C)nn3-c3cc(Cl)ccc3Cl)OC(CO)C(O)C2n2cc(-c3cc(F)c(F)c(F)c3)nn2)n(-c2cc(Cl)ccc2Cl)n1. The largest absolute Gasteiger partial charge is 0.394 e. The van der Waals surface area contributed by atoms with Crippen LogP contribution in [0.4, 0.5) is 26.3 Å². The molecule has 10 unspecified atom stereocenters. The lowest BCUT2D eigenvalue weighted by Gasteiger charge is -2.43. The Labute approximate surface area is 520 Å². The number of carbonyl (C=O) groups excluding carboxylic acids is 2. The summed E-state index contributed by atoms with van der Waals surface area (Å²) in [6.07, 6.45) is -7.97. The van der Waals surface area contributed by atoms with Crippen molar-refractivity contribution in [1.82, 2.24) is 70.2 Å². The Hall–Kier alpha value is -7.20. The van der Waals surface area contributed by atoms with Gasteiger partial charge in [-0.05, 0) is 93.8 Å². The van der Waals surface area contributed by atoms with Crippen LogP contribution in [0.15, 0.2) is 73.1 Å². The molecular formula is C55H52Cl4F6N14O10. The Bertz CT molecular complexity index is 3600. The van der Waals surface area contributed by atoms with Gasteiger partial charge in [0.25, 0.3) is 0 Å². The minimum atomic E-state index is -1.71. The predicted molar refractivity (Wildman–Crippen MR) is 302 cm³/mol. The molecule has 10 atom stereocenters. The zero-order valence-corrected chi connectivity index (χ0v) is 49.5. The van der Waals surface area contributed by atoms with E-state index in [2.05, 4.69) is 51.4 Å². The van der Waals surface area contributed by atoms with Crippen LogP contribution in [0.1, 0.15) is 66.9 Å². The van der Waals surface area contributed by atoms with Crippen molar-refractivity contribution in [3.05, 3.63) is 151 Å². The molecule has 2 aliphatic rings. The van der Waals surface area contributed by atoms with Crippen LogP contribution in [-0.2, 0) is 28.5 Å². The van der Waals surface area contributed by atoms with Gasteiger partial charge in [-0.2, -0.15) is 10.2 Å². The highest BCUT2D eigenvalue weighted by Gasteiger charge is 2.52. The standard InChI is InChI=1S/C55H52Cl4F6N14O10/c1-24-68-54(78(72-24)38-16-28(56)6-8-30(38)58)52-50(46(48(84)40(20-80)88-52)76-18-36(70-74-76)26-12-32(60)44(64)33(61)13-26)86-22-42(82)66-10-4-3-5-11-67-43(83)23-87-51-47(77-19-37(71-75-77)27-14-34(62)45(65)35(63)15-27)49(85)41(21-81)89-53(51)55-69-25(2)73-79(55)39-17-29(57)7-9-31(39)59/h6-9,12-19,40-41,46-53,80-81,84-85H,3-5,10-11,20-23H2,1-2H3,(H,66,82)(H,67,83). The van der Waals surface area contributed by atoms with Gasteiger partial charge in [-0.3, -0.25) is 9.59 Å². The van der Waals surface area contributed by atoms with Crippen molar-refractivity contribution in [3.63, 3.8) is 0 Å². The number of rotatable bonds is 22. The Morgan fingerprint density at radius 1 is 0.584 bits per heavy atom. The first-order valence-electron chi connectivity index (χ1n) is 27.2. The van der Waals surface area contributed by atoms with Crippen LogP contribution in [0.3, 0.4) is 0 Å². The Morgan fingerprint density at radius 3 is 1.34 bits per heavy atom. The highest BCUT2D eigenvalue weighted by molar-refractivity contribution is 6.35. The fraction of sp³-hybridized carbons (Fsp3) is 0.382. The van der Waals surface area contributed by atoms with Crippen molar-refractivity contribution in [2.24, 2.45) is 0 Å². The van der Waals surface area contributed by atoms with E-state index in [1.807, 2.05) is 0 Å². The molecule has 6 N–H and O–H groups in total. The molecule has 0 aliphatic carbocycles. The second-order valence-electron chi connectivity index (χ2n) is 20.6. The molecule has 2 saturated heterocycles. The predicted octanol–water partition coefficient (Wildman–Crippen LogP) is 6.37. The Kier molecular flexibility index (Phi) is 20.3. The summed E-state index contributed by atoms with van der Waals surface area (Å²) in [5.74, 6) is -10.2. The summed E-state index contributed by atoms with van der Waals surface area (Å²) in [4.78, 5) is 36.3. The van der Waals surface area contributed by atoms with E-state index in [-0.39, 0.29) is 90.4 Å². The van der Waals surface area contributed by atoms with E-state index in [0.29, 0.717) is 43.5 Å². The lowest BCUT2D eigenvalue weighted by atomic mass is 9.91. The lowest BCUT2D eigenvalue weighted by molar-refractivity contribution is -0.223. The van der Waals surface area contributed by atoms with E-state index >= 15 is 0 Å². The monoisotopic (exact) mass is 1320 g/mol. The minimum absolute atomic E-state index is 0.0286. The number of unbranched alkanes of at least 4 members (excludes halogenated alkanes) is 2. The van der Waals surface area contributed by atoms with Crippen LogP contribution in [0.5, 0.6) is 0 Å². The van der Waals surface area contributed by atoms with E-state index in [1.165, 1.54) is 46.0 Å². The number of nitrogens with zero attached hydrogens (tertiary/aromatic N) is 12. The normalized spacial score (nSPS) is 22.0. The highest BCUT2D eigenvalue weighted by Crippen LogP contribution is 2.43. The van der Waals surface area contributed by atoms with Crippen LogP contribution in [-0.4, -0.2) is 168 Å². The molecule has 2 amide bonds. The summed E-state index contributed by atoms with van der Waals surface area (Å²) in [6.45, 7) is 0.516. The molecule has 2 aliphatic heterocycles. The zero-order chi connectivity index (χ0) is 63.5. The number of aromatic nitrogens is 12. The summed E-state index contributed by atoms with van der Waals surface area (Å²) in [5.41, 5.74) is -0.205. The maximum atomic E-state index is 14.4. The molecule has 472 valence electrons. The molecule has 89 heavy (non-hydrogen) atoms. The number of aryl methyl sites for hydroxylation is 2. The third-order valence-electron chi connectivity index (χ3n) is 14.5. The smallest absolute Gasteiger partial charge is 0.246 e. The Balaban J connectivity index is 0.803. The number of nitrogens with one attached hydrogen (secondary N) is 2. The van der Waals surface area contributed by atoms with Gasteiger partial charge in [0, 0.05) is 34.3 Å². The van der Waals surface area contributed by atoms with Crippen molar-refractivity contribution in [2.75, 3.05) is 39.5 Å². The van der Waals surface area contributed by atoms with Gasteiger partial charge in [-0.15, -0.1) is 10.2 Å². The average molecular weight is 1320 g/mol. The van der Waals surface area contributed by atoms with Crippen LogP contribution in [0.2, 0.25) is 20.1 Å². The molecular weight excluding hydrogens is 1270 g/mol. The molecule has 8 aromatic rings. The number of halogens is 10. The third-order valence-corrected chi connectivity index (χ3v) is 15.6. The first-order valence-corrected chi connectivity index (χ1v) is 28.7. The van der Waals surface area contributed by atoms with Gasteiger partial charge in [0.2, 0.25) is 11.8 Å². The number of hydrogen-bond donors (Lipinski definition) is 6. The maximum Gasteiger partial charge on any atom is 0.246 e. The number of benzene rings is 4. The second-order valence-corrected chi connectivity index (χ2v) is 22.2. The van der Waals surface area contributed by atoms with E-state index in [4.69, 9.17) is 65.4 Å². The number of carbonyl (C=O) groups is 2. The molecule has 0 spiro atoms. The number of aliphatic hydroxyl groups excluding tert-OH is 4. The summed E-state index contributed by atoms with van der Waals surface area (Å²) < 4.78 is 115. The quantitative estimate of drug-likeness (QED) is 0.0244. The average Bonchev–Trinajstić information content (AvgIpc) is 1.77. The van der Waals surface area contributed by atoms with Crippen LogP contribution < -0.4 is 10.6 Å². The first kappa shape index (κ1) is 64.8. The van der Waals surface area contributed by atoms with Gasteiger partial charge >= 0.3 is 0 Å². The number of ether oxygens (including phenoxy) is 4. The van der Waals surface area contributed by atoms with Crippen molar-refractivity contribution in [3.8, 4) is 33.9 Å². The molecule has 4 aromatic carbocycles. The first-order chi connectivity index (χ1) is 42.6. The van der Waals surface area contributed by atoms with Gasteiger partial charge < -0.3 is 50.0 Å². The van der Waals surface area contributed by atoms with Gasteiger partial charge in [-0.25, -0.2) is 55.0 Å². The maximum absolute atomic E-state index is 14.4. The van der Waals surface area contributed by atoms with E-state index in [9.17, 15) is 56.4 Å². The van der Waals surface area contributed by atoms with E-state index in [1.54, 1.807) is 26.0 Å². The van der Waals surface area contributed by atoms with E-state index in [0.717, 1.165) is 9.36 Å². The van der Waals surface area contributed by atoms with Gasteiger partial charge in [0.05, 0.1) is 47.0 Å². The van der Waals surface area contributed by atoms with Crippen molar-refractivity contribution < 1.29 is 75.3 Å². The molecule has 10 rings (SSSR count). The summed E-state index contributed by atoms with van der Waals surface area (Å²) >= 11 is 25.9. The molecule has 0 bridgehead atoms. The third kappa shape index (κ3) is 14.1. The highest BCUT2D eigenvalue weighted by atomic mass is 35.5. The van der Waals surface area contributed by atoms with Gasteiger partial charge in [-0.1, -0.05) is 56.8 Å². The second kappa shape index (κ2) is 27.9. The summed E-state index contributed by atoms with van der Waals surface area (Å²) in [6, 6.07) is 9.19. The zero-order valence-electron chi connectivity index (χ0n) is 46.5. The Morgan fingerprint density at radius 2 is 0.966 bits per heavy atom. The molecule has 0 saturated carbocycles. The van der Waals surface area contributed by atoms with Gasteiger partial charge in [0.15, 0.2) is 46.6 Å². The summed E-state index contributed by atoms with van der Waals surface area (Å²) in [5, 5.41) is 76.2. The van der Waals surface area contributed by atoms with Crippen molar-refractivity contribution in [1.29, 1.82) is 0 Å². The molecule has 0 radical (unpaired) electrons. The van der Waals surface area contributed by atoms with Crippen molar-refractivity contribution >= 4 is 58.2 Å². The fourth-order valence-electron chi connectivity index (χ4n) is 10.3. The molecule has 24 nitrogen and oxygen atoms in total. The fourth-order valence-corrected chi connectivity index (χ4v) is 11.0. The molecule has 2 fully saturated rings.